The van der Waals surface area contributed by atoms with Crippen LogP contribution in [0.2, 0.25) is 0 Å². The van der Waals surface area contributed by atoms with Crippen molar-refractivity contribution in [2.24, 2.45) is 0 Å². The topological polar surface area (TPSA) is 41.1 Å². The van der Waals surface area contributed by atoms with Crippen molar-refractivity contribution in [1.29, 1.82) is 0 Å². The third kappa shape index (κ3) is 3.04. The van der Waals surface area contributed by atoms with Gasteiger partial charge < -0.3 is 10.6 Å². The minimum absolute atomic E-state index is 0.00652. The molecule has 0 spiro atoms. The van der Waals surface area contributed by atoms with E-state index in [0.717, 1.165) is 24.1 Å². The second-order valence-electron chi connectivity index (χ2n) is 5.96. The van der Waals surface area contributed by atoms with Crippen LogP contribution in [0.25, 0.3) is 0 Å². The lowest BCUT2D eigenvalue weighted by Crippen LogP contribution is -2.38. The molecule has 1 unspecified atom stereocenters. The summed E-state index contributed by atoms with van der Waals surface area (Å²) < 4.78 is 0. The van der Waals surface area contributed by atoms with Gasteiger partial charge in [-0.15, -0.1) is 0 Å². The first kappa shape index (κ1) is 14.8. The molecule has 0 saturated heterocycles. The van der Waals surface area contributed by atoms with Crippen molar-refractivity contribution < 1.29 is 4.79 Å². The third-order valence-electron chi connectivity index (χ3n) is 4.45. The van der Waals surface area contributed by atoms with E-state index < -0.39 is 0 Å². The summed E-state index contributed by atoms with van der Waals surface area (Å²) in [6.07, 6.45) is 1.05. The number of fused-ring (bicyclic) bond motifs is 1. The maximum atomic E-state index is 12.3. The highest BCUT2D eigenvalue weighted by molar-refractivity contribution is 5.94. The molecule has 3 rings (SSSR count). The van der Waals surface area contributed by atoms with Crippen molar-refractivity contribution in [3.8, 4) is 0 Å². The number of carbonyl (C=O) groups is 1. The molecule has 2 aromatic rings. The molecule has 0 aromatic heterocycles. The van der Waals surface area contributed by atoms with Crippen LogP contribution < -0.4 is 10.6 Å². The van der Waals surface area contributed by atoms with E-state index in [1.807, 2.05) is 25.1 Å². The second kappa shape index (κ2) is 6.32. The van der Waals surface area contributed by atoms with Gasteiger partial charge in [0.1, 0.15) is 0 Å². The quantitative estimate of drug-likeness (QED) is 0.914. The molecule has 22 heavy (non-hydrogen) atoms. The van der Waals surface area contributed by atoms with Gasteiger partial charge in [0.15, 0.2) is 0 Å². The van der Waals surface area contributed by atoms with E-state index in [9.17, 15) is 4.79 Å². The Labute approximate surface area is 131 Å². The van der Waals surface area contributed by atoms with Crippen molar-refractivity contribution in [3.63, 3.8) is 0 Å². The van der Waals surface area contributed by atoms with Gasteiger partial charge in [0, 0.05) is 18.2 Å². The summed E-state index contributed by atoms with van der Waals surface area (Å²) in [5.74, 6) is -0.00652. The van der Waals surface area contributed by atoms with Crippen LogP contribution >= 0.6 is 0 Å². The molecule has 1 aliphatic heterocycles. The van der Waals surface area contributed by atoms with E-state index in [-0.39, 0.29) is 11.9 Å². The first-order valence-corrected chi connectivity index (χ1v) is 7.82. The van der Waals surface area contributed by atoms with Crippen LogP contribution in [0.5, 0.6) is 0 Å². The zero-order chi connectivity index (χ0) is 15.5. The molecule has 1 aliphatic rings. The minimum atomic E-state index is -0.00652. The van der Waals surface area contributed by atoms with Crippen LogP contribution in [0.1, 0.15) is 38.7 Å². The fraction of sp³-hybridized carbons (Fsp3) is 0.316. The molecule has 114 valence electrons. The molecular formula is C19H22N2O. The average molecular weight is 294 g/mol. The van der Waals surface area contributed by atoms with Gasteiger partial charge in [0.25, 0.3) is 5.91 Å². The van der Waals surface area contributed by atoms with Gasteiger partial charge in [-0.3, -0.25) is 4.79 Å². The number of benzene rings is 2. The van der Waals surface area contributed by atoms with Crippen LogP contribution in [0, 0.1) is 13.8 Å². The maximum Gasteiger partial charge on any atom is 0.251 e. The van der Waals surface area contributed by atoms with Crippen molar-refractivity contribution in [3.05, 3.63) is 70.3 Å². The van der Waals surface area contributed by atoms with Gasteiger partial charge in [-0.05, 0) is 61.2 Å². The van der Waals surface area contributed by atoms with Gasteiger partial charge >= 0.3 is 0 Å². The molecule has 1 heterocycles. The second-order valence-corrected chi connectivity index (χ2v) is 5.96. The fourth-order valence-corrected chi connectivity index (χ4v) is 2.95. The van der Waals surface area contributed by atoms with E-state index >= 15 is 0 Å². The molecule has 0 bridgehead atoms. The van der Waals surface area contributed by atoms with Crippen molar-refractivity contribution in [2.75, 3.05) is 13.1 Å². The first-order valence-electron chi connectivity index (χ1n) is 7.82. The molecule has 2 aromatic carbocycles. The molecule has 0 saturated carbocycles. The number of rotatable bonds is 3. The number of carbonyl (C=O) groups excluding carboxylic acids is 1. The van der Waals surface area contributed by atoms with Crippen molar-refractivity contribution in [2.45, 2.75) is 26.3 Å². The van der Waals surface area contributed by atoms with E-state index in [0.29, 0.717) is 6.54 Å². The Morgan fingerprint density at radius 2 is 2.00 bits per heavy atom. The highest BCUT2D eigenvalue weighted by atomic mass is 16.1. The molecule has 0 fully saturated rings. The van der Waals surface area contributed by atoms with E-state index in [2.05, 4.69) is 41.8 Å². The summed E-state index contributed by atoms with van der Waals surface area (Å²) in [4.78, 5) is 12.3. The summed E-state index contributed by atoms with van der Waals surface area (Å²) in [6, 6.07) is 14.5. The normalized spacial score (nSPS) is 16.9. The standard InChI is InChI=1S/C19H22N2O/c1-13-7-8-16(11-14(13)2)19(22)21-12-18-17-6-4-3-5-15(17)9-10-20-18/h3-8,11,18,20H,9-10,12H2,1-2H3,(H,21,22). The average Bonchev–Trinajstić information content (AvgIpc) is 2.55. The molecular weight excluding hydrogens is 272 g/mol. The molecule has 2 N–H and O–H groups in total. The number of hydrogen-bond donors (Lipinski definition) is 2. The lowest BCUT2D eigenvalue weighted by Gasteiger charge is -2.27. The van der Waals surface area contributed by atoms with Gasteiger partial charge in [-0.25, -0.2) is 0 Å². The summed E-state index contributed by atoms with van der Waals surface area (Å²) in [5.41, 5.74) is 5.77. The summed E-state index contributed by atoms with van der Waals surface area (Å²) >= 11 is 0. The third-order valence-corrected chi connectivity index (χ3v) is 4.45. The molecule has 3 heteroatoms. The lowest BCUT2D eigenvalue weighted by atomic mass is 9.94. The molecule has 3 nitrogen and oxygen atoms in total. The summed E-state index contributed by atoms with van der Waals surface area (Å²) in [5, 5.41) is 6.54. The van der Waals surface area contributed by atoms with Gasteiger partial charge in [-0.2, -0.15) is 0 Å². The highest BCUT2D eigenvalue weighted by Crippen LogP contribution is 2.22. The van der Waals surface area contributed by atoms with Crippen LogP contribution in [-0.4, -0.2) is 19.0 Å². The Balaban J connectivity index is 1.68. The monoisotopic (exact) mass is 294 g/mol. The molecule has 0 radical (unpaired) electrons. The van der Waals surface area contributed by atoms with Crippen LogP contribution in [0.4, 0.5) is 0 Å². The van der Waals surface area contributed by atoms with Crippen molar-refractivity contribution in [1.82, 2.24) is 10.6 Å². The van der Waals surface area contributed by atoms with Gasteiger partial charge in [-0.1, -0.05) is 30.3 Å². The van der Waals surface area contributed by atoms with E-state index in [1.54, 1.807) is 0 Å². The van der Waals surface area contributed by atoms with Gasteiger partial charge in [0.05, 0.1) is 0 Å². The Kier molecular flexibility index (Phi) is 4.25. The fourth-order valence-electron chi connectivity index (χ4n) is 2.95. The molecule has 0 aliphatic carbocycles. The minimum Gasteiger partial charge on any atom is -0.350 e. The predicted molar refractivity (Wildman–Crippen MR) is 89.1 cm³/mol. The van der Waals surface area contributed by atoms with Crippen molar-refractivity contribution >= 4 is 5.91 Å². The smallest absolute Gasteiger partial charge is 0.251 e. The SMILES string of the molecule is Cc1ccc(C(=O)NCC2NCCc3ccccc32)cc1C. The predicted octanol–water partition coefficient (Wildman–Crippen LogP) is 2.92. The zero-order valence-electron chi connectivity index (χ0n) is 13.1. The van der Waals surface area contributed by atoms with Gasteiger partial charge in [0.2, 0.25) is 0 Å². The van der Waals surface area contributed by atoms with Crippen LogP contribution in [0.15, 0.2) is 42.5 Å². The van der Waals surface area contributed by atoms with E-state index in [1.165, 1.54) is 16.7 Å². The number of hydrogen-bond acceptors (Lipinski definition) is 2. The Morgan fingerprint density at radius 1 is 1.18 bits per heavy atom. The Bertz CT molecular complexity index is 694. The summed E-state index contributed by atoms with van der Waals surface area (Å²) in [6.45, 7) is 5.66. The lowest BCUT2D eigenvalue weighted by molar-refractivity contribution is 0.0949. The zero-order valence-corrected chi connectivity index (χ0v) is 13.1. The molecule has 1 amide bonds. The molecule has 1 atom stereocenters. The summed E-state index contributed by atoms with van der Waals surface area (Å²) in [7, 11) is 0. The van der Waals surface area contributed by atoms with Crippen LogP contribution in [-0.2, 0) is 6.42 Å². The number of amides is 1. The Hall–Kier alpha value is -2.13. The number of aryl methyl sites for hydroxylation is 2. The number of nitrogens with one attached hydrogen (secondary N) is 2. The van der Waals surface area contributed by atoms with E-state index in [4.69, 9.17) is 0 Å². The van der Waals surface area contributed by atoms with Crippen LogP contribution in [0.3, 0.4) is 0 Å². The maximum absolute atomic E-state index is 12.3. The largest absolute Gasteiger partial charge is 0.350 e. The first-order chi connectivity index (χ1) is 10.6. The Morgan fingerprint density at radius 3 is 2.82 bits per heavy atom. The highest BCUT2D eigenvalue weighted by Gasteiger charge is 2.19.